The zero-order valence-electron chi connectivity index (χ0n) is 18.3. The lowest BCUT2D eigenvalue weighted by molar-refractivity contribution is -0.384. The second-order valence-corrected chi connectivity index (χ2v) is 8.29. The van der Waals surface area contributed by atoms with E-state index >= 15 is 0 Å². The van der Waals surface area contributed by atoms with Crippen molar-refractivity contribution in [1.82, 2.24) is 5.01 Å². The second kappa shape index (κ2) is 8.28. The summed E-state index contributed by atoms with van der Waals surface area (Å²) in [7, 11) is 0. The minimum atomic E-state index is -1.12. The molecule has 2 aromatic rings. The van der Waals surface area contributed by atoms with Crippen molar-refractivity contribution in [2.24, 2.45) is 16.9 Å². The summed E-state index contributed by atoms with van der Waals surface area (Å²) >= 11 is 0. The first-order chi connectivity index (χ1) is 16.8. The monoisotopic (exact) mass is 474 g/mol. The number of esters is 1. The molecule has 0 unspecified atom stereocenters. The highest BCUT2D eigenvalue weighted by Crippen LogP contribution is 2.46. The Morgan fingerprint density at radius 1 is 1.06 bits per heavy atom. The summed E-state index contributed by atoms with van der Waals surface area (Å²) in [6.07, 6.45) is 4.82. The molecular formula is C24H18N4O7. The number of nitrogens with zero attached hydrogens (tertiary/aromatic N) is 4. The molecule has 0 N–H and O–H groups in total. The summed E-state index contributed by atoms with van der Waals surface area (Å²) in [6, 6.07) is 9.42. The average Bonchev–Trinajstić information content (AvgIpc) is 3.31. The maximum Gasteiger partial charge on any atom is 0.308 e. The fourth-order valence-electron chi connectivity index (χ4n) is 4.86. The standard InChI is InChI=1S/C24H18N4O7/c1-13(29)35-17-9-7-15(8-10-17)26-23(31)19-18-6-3-11-25-27(18)21(20(19)24(26)32)22(30)14-4-2-5-16(12-14)28(33)34/h2-12,18-21H,1H3/t18-,19+,20+,21-/m1/s1. The number of ether oxygens (including phenoxy) is 1. The van der Waals surface area contributed by atoms with Gasteiger partial charge >= 0.3 is 5.97 Å². The van der Waals surface area contributed by atoms with Crippen molar-refractivity contribution in [3.8, 4) is 5.75 Å². The SMILES string of the molecule is CC(=O)Oc1ccc(N2C(=O)[C@@H]3[C@H](C2=O)[C@H](C(=O)c2cccc([N+](=O)[O-])c2)N2N=CC=C[C@H]32)cc1. The minimum absolute atomic E-state index is 0.0535. The molecule has 2 aromatic carbocycles. The van der Waals surface area contributed by atoms with Crippen molar-refractivity contribution >= 4 is 41.2 Å². The molecule has 3 aliphatic rings. The maximum atomic E-state index is 13.6. The molecule has 5 rings (SSSR count). The molecule has 176 valence electrons. The molecule has 11 heteroatoms. The highest BCUT2D eigenvalue weighted by atomic mass is 16.6. The Morgan fingerprint density at radius 2 is 1.77 bits per heavy atom. The van der Waals surface area contributed by atoms with Crippen molar-refractivity contribution in [2.45, 2.75) is 19.0 Å². The van der Waals surface area contributed by atoms with Gasteiger partial charge in [0, 0.05) is 30.8 Å². The third-order valence-electron chi connectivity index (χ3n) is 6.26. The normalized spacial score (nSPS) is 24.4. The minimum Gasteiger partial charge on any atom is -0.427 e. The van der Waals surface area contributed by atoms with Crippen molar-refractivity contribution in [3.63, 3.8) is 0 Å². The highest BCUT2D eigenvalue weighted by Gasteiger charge is 2.64. The van der Waals surface area contributed by atoms with E-state index in [1.807, 2.05) is 0 Å². The van der Waals surface area contributed by atoms with E-state index in [1.165, 1.54) is 60.6 Å². The average molecular weight is 474 g/mol. The largest absolute Gasteiger partial charge is 0.427 e. The molecule has 11 nitrogen and oxygen atoms in total. The van der Waals surface area contributed by atoms with Crippen LogP contribution in [0.3, 0.4) is 0 Å². The lowest BCUT2D eigenvalue weighted by Gasteiger charge is -2.30. The van der Waals surface area contributed by atoms with Crippen molar-refractivity contribution in [3.05, 3.63) is 76.4 Å². The van der Waals surface area contributed by atoms with E-state index in [1.54, 1.807) is 12.2 Å². The summed E-state index contributed by atoms with van der Waals surface area (Å²) in [5.74, 6) is -3.73. The van der Waals surface area contributed by atoms with Crippen LogP contribution in [0.5, 0.6) is 5.75 Å². The first kappa shape index (κ1) is 22.1. The number of Topliss-reactive ketones (excluding diaryl/α,β-unsaturated/α-hetero) is 1. The van der Waals surface area contributed by atoms with Gasteiger partial charge in [-0.2, -0.15) is 5.10 Å². The first-order valence-electron chi connectivity index (χ1n) is 10.7. The van der Waals surface area contributed by atoms with Gasteiger partial charge in [-0.3, -0.25) is 34.3 Å². The van der Waals surface area contributed by atoms with Gasteiger partial charge in [-0.25, -0.2) is 4.90 Å². The molecule has 2 amide bonds. The lowest BCUT2D eigenvalue weighted by Crippen LogP contribution is -2.46. The third kappa shape index (κ3) is 3.57. The summed E-state index contributed by atoms with van der Waals surface area (Å²) in [4.78, 5) is 63.4. The highest BCUT2D eigenvalue weighted by molar-refractivity contribution is 6.24. The summed E-state index contributed by atoms with van der Waals surface area (Å²) in [5.41, 5.74) is 0.0757. The van der Waals surface area contributed by atoms with Crippen LogP contribution in [0.15, 0.2) is 65.8 Å². The summed E-state index contributed by atoms with van der Waals surface area (Å²) in [5, 5.41) is 16.9. The van der Waals surface area contributed by atoms with Crippen LogP contribution in [0.1, 0.15) is 17.3 Å². The second-order valence-electron chi connectivity index (χ2n) is 8.29. The van der Waals surface area contributed by atoms with Crippen LogP contribution in [0.4, 0.5) is 11.4 Å². The molecule has 0 bridgehead atoms. The topological polar surface area (TPSA) is 139 Å². The van der Waals surface area contributed by atoms with Crippen LogP contribution in [0.25, 0.3) is 0 Å². The molecule has 4 atom stereocenters. The quantitative estimate of drug-likeness (QED) is 0.160. The number of hydrogen-bond donors (Lipinski definition) is 0. The zero-order valence-corrected chi connectivity index (χ0v) is 18.3. The molecule has 35 heavy (non-hydrogen) atoms. The van der Waals surface area contributed by atoms with E-state index in [0.717, 1.165) is 11.0 Å². The Bertz CT molecular complexity index is 1330. The number of ketones is 1. The summed E-state index contributed by atoms with van der Waals surface area (Å²) < 4.78 is 5.00. The van der Waals surface area contributed by atoms with Crippen LogP contribution in [0, 0.1) is 22.0 Å². The number of hydrazone groups is 1. The number of allylic oxidation sites excluding steroid dienone is 1. The molecule has 0 aromatic heterocycles. The molecule has 0 saturated carbocycles. The molecule has 0 radical (unpaired) electrons. The van der Waals surface area contributed by atoms with Crippen molar-refractivity contribution < 1.29 is 28.8 Å². The van der Waals surface area contributed by atoms with E-state index in [-0.39, 0.29) is 22.7 Å². The van der Waals surface area contributed by atoms with Gasteiger partial charge in [0.15, 0.2) is 5.78 Å². The Kier molecular flexibility index (Phi) is 5.24. The van der Waals surface area contributed by atoms with E-state index in [9.17, 15) is 29.3 Å². The molecular weight excluding hydrogens is 456 g/mol. The number of rotatable bonds is 5. The number of carbonyl (C=O) groups excluding carboxylic acids is 4. The number of nitro groups is 1. The Hall–Kier alpha value is -4.67. The molecule has 0 aliphatic carbocycles. The molecule has 2 saturated heterocycles. The first-order valence-corrected chi connectivity index (χ1v) is 10.7. The lowest BCUT2D eigenvalue weighted by atomic mass is 9.86. The van der Waals surface area contributed by atoms with Crippen molar-refractivity contribution in [1.29, 1.82) is 0 Å². The number of fused-ring (bicyclic) bond motifs is 3. The predicted octanol–water partition coefficient (Wildman–Crippen LogP) is 2.12. The Labute approximate surface area is 198 Å². The van der Waals surface area contributed by atoms with E-state index in [2.05, 4.69) is 5.10 Å². The van der Waals surface area contributed by atoms with E-state index < -0.39 is 52.4 Å². The zero-order chi connectivity index (χ0) is 24.9. The van der Waals surface area contributed by atoms with Gasteiger partial charge in [-0.15, -0.1) is 0 Å². The fourth-order valence-corrected chi connectivity index (χ4v) is 4.86. The van der Waals surface area contributed by atoms with Crippen LogP contribution in [0.2, 0.25) is 0 Å². The van der Waals surface area contributed by atoms with Gasteiger partial charge in [0.25, 0.3) is 5.69 Å². The maximum absolute atomic E-state index is 13.6. The van der Waals surface area contributed by atoms with Gasteiger partial charge in [0.1, 0.15) is 11.8 Å². The van der Waals surface area contributed by atoms with Gasteiger partial charge in [0.05, 0.1) is 28.5 Å². The Balaban J connectivity index is 1.52. The van der Waals surface area contributed by atoms with Crippen LogP contribution >= 0.6 is 0 Å². The number of nitro benzene ring substituents is 1. The Morgan fingerprint density at radius 3 is 2.46 bits per heavy atom. The van der Waals surface area contributed by atoms with Gasteiger partial charge in [-0.05, 0) is 30.3 Å². The smallest absolute Gasteiger partial charge is 0.308 e. The van der Waals surface area contributed by atoms with Gasteiger partial charge in [-0.1, -0.05) is 18.2 Å². The van der Waals surface area contributed by atoms with Crippen LogP contribution in [-0.2, 0) is 14.4 Å². The molecule has 3 aliphatic heterocycles. The number of amides is 2. The number of anilines is 1. The number of non-ortho nitro benzene ring substituents is 1. The fraction of sp³-hybridized carbons (Fsp3) is 0.208. The molecule has 0 spiro atoms. The van der Waals surface area contributed by atoms with Gasteiger partial charge in [0.2, 0.25) is 11.8 Å². The van der Waals surface area contributed by atoms with Gasteiger partial charge < -0.3 is 4.74 Å². The molecule has 3 heterocycles. The summed E-state index contributed by atoms with van der Waals surface area (Å²) in [6.45, 7) is 1.26. The predicted molar refractivity (Wildman–Crippen MR) is 122 cm³/mol. The van der Waals surface area contributed by atoms with E-state index in [0.29, 0.717) is 0 Å². The van der Waals surface area contributed by atoms with Crippen LogP contribution < -0.4 is 9.64 Å². The number of benzene rings is 2. The number of imide groups is 1. The third-order valence-corrected chi connectivity index (χ3v) is 6.26. The molecule has 2 fully saturated rings. The van der Waals surface area contributed by atoms with Crippen molar-refractivity contribution in [2.75, 3.05) is 4.90 Å². The van der Waals surface area contributed by atoms with E-state index in [4.69, 9.17) is 4.74 Å². The number of hydrogen-bond acceptors (Lipinski definition) is 9. The number of carbonyl (C=O) groups is 4. The van der Waals surface area contributed by atoms with Crippen LogP contribution in [-0.4, -0.2) is 51.8 Å².